The van der Waals surface area contributed by atoms with Gasteiger partial charge in [-0.3, -0.25) is 14.9 Å². The van der Waals surface area contributed by atoms with Gasteiger partial charge in [0.1, 0.15) is 5.69 Å². The number of amides is 1. The molecule has 0 aromatic heterocycles. The molecule has 4 rings (SSSR count). The second kappa shape index (κ2) is 8.80. The molecule has 2 aromatic carbocycles. The lowest BCUT2D eigenvalue weighted by atomic mass is 9.89. The summed E-state index contributed by atoms with van der Waals surface area (Å²) in [6, 6.07) is 15.1. The molecule has 7 nitrogen and oxygen atoms in total. The number of nitrogens with one attached hydrogen (secondary N) is 1. The molecular weight excluding hydrogens is 392 g/mol. The van der Waals surface area contributed by atoms with Gasteiger partial charge in [0.2, 0.25) is 0 Å². The van der Waals surface area contributed by atoms with Crippen molar-refractivity contribution in [2.24, 2.45) is 11.7 Å². The van der Waals surface area contributed by atoms with Gasteiger partial charge in [0.05, 0.1) is 4.92 Å². The van der Waals surface area contributed by atoms with Crippen molar-refractivity contribution >= 4 is 29.7 Å². The van der Waals surface area contributed by atoms with Crippen molar-refractivity contribution in [3.8, 4) is 0 Å². The summed E-state index contributed by atoms with van der Waals surface area (Å²) in [4.78, 5) is 25.9. The zero-order valence-electron chi connectivity index (χ0n) is 16.0. The molecule has 1 heterocycles. The summed E-state index contributed by atoms with van der Waals surface area (Å²) in [5, 5.41) is 14.6. The van der Waals surface area contributed by atoms with Crippen LogP contribution in [0.25, 0.3) is 0 Å². The molecule has 29 heavy (non-hydrogen) atoms. The van der Waals surface area contributed by atoms with Gasteiger partial charge in [0.25, 0.3) is 11.6 Å². The van der Waals surface area contributed by atoms with Crippen LogP contribution in [0.1, 0.15) is 34.7 Å². The third-order valence-corrected chi connectivity index (χ3v) is 5.64. The largest absolute Gasteiger partial charge is 0.377 e. The molecular formula is C21H25ClN4O3. The number of carbonyl (C=O) groups excluding carboxylic acids is 1. The Bertz CT molecular complexity index is 889. The Hall–Kier alpha value is -2.64. The summed E-state index contributed by atoms with van der Waals surface area (Å²) in [6.45, 7) is 1.62. The number of halogens is 1. The molecule has 0 radical (unpaired) electrons. The highest BCUT2D eigenvalue weighted by atomic mass is 35.5. The Morgan fingerprint density at radius 3 is 2.52 bits per heavy atom. The van der Waals surface area contributed by atoms with Crippen LogP contribution in [0.5, 0.6) is 0 Å². The molecule has 2 atom stereocenters. The number of anilines is 1. The normalized spacial score (nSPS) is 20.8. The van der Waals surface area contributed by atoms with Crippen LogP contribution in [-0.2, 0) is 0 Å². The molecule has 0 unspecified atom stereocenters. The van der Waals surface area contributed by atoms with Crippen LogP contribution in [0.3, 0.4) is 0 Å². The first-order valence-electron chi connectivity index (χ1n) is 9.66. The van der Waals surface area contributed by atoms with Crippen LogP contribution in [0.2, 0.25) is 0 Å². The van der Waals surface area contributed by atoms with E-state index in [-0.39, 0.29) is 35.8 Å². The number of hydrogen-bond donors (Lipinski definition) is 2. The first kappa shape index (κ1) is 21.1. The zero-order chi connectivity index (χ0) is 19.7. The fourth-order valence-electron chi connectivity index (χ4n) is 3.92. The van der Waals surface area contributed by atoms with Gasteiger partial charge >= 0.3 is 0 Å². The third kappa shape index (κ3) is 4.52. The van der Waals surface area contributed by atoms with Crippen molar-refractivity contribution in [2.45, 2.75) is 24.8 Å². The van der Waals surface area contributed by atoms with E-state index in [9.17, 15) is 14.9 Å². The molecule has 8 heteroatoms. The van der Waals surface area contributed by atoms with E-state index in [4.69, 9.17) is 5.73 Å². The topological polar surface area (TPSA) is 102 Å². The third-order valence-electron chi connectivity index (χ3n) is 5.64. The molecule has 2 aromatic rings. The minimum absolute atomic E-state index is 0. The quantitative estimate of drug-likeness (QED) is 0.555. The molecule has 0 spiro atoms. The van der Waals surface area contributed by atoms with Gasteiger partial charge in [-0.1, -0.05) is 30.3 Å². The van der Waals surface area contributed by atoms with E-state index in [1.54, 1.807) is 17.0 Å². The summed E-state index contributed by atoms with van der Waals surface area (Å²) in [5.41, 5.74) is 7.91. The predicted octanol–water partition coefficient (Wildman–Crippen LogP) is 3.41. The highest BCUT2D eigenvalue weighted by Gasteiger charge is 2.36. The Kier molecular flexibility index (Phi) is 6.39. The number of rotatable bonds is 6. The molecule has 3 N–H and O–H groups in total. The average molecular weight is 417 g/mol. The maximum Gasteiger partial charge on any atom is 0.293 e. The molecule has 0 bridgehead atoms. The van der Waals surface area contributed by atoms with Crippen LogP contribution in [0.15, 0.2) is 48.5 Å². The summed E-state index contributed by atoms with van der Waals surface area (Å²) in [5.74, 6) is 0.177. The smallest absolute Gasteiger partial charge is 0.293 e. The van der Waals surface area contributed by atoms with E-state index >= 15 is 0 Å². The van der Waals surface area contributed by atoms with Crippen molar-refractivity contribution in [2.75, 3.05) is 25.0 Å². The minimum Gasteiger partial charge on any atom is -0.377 e. The molecule has 1 aliphatic carbocycles. The fraction of sp³-hybridized carbons (Fsp3) is 0.381. The average Bonchev–Trinajstić information content (AvgIpc) is 3.42. The summed E-state index contributed by atoms with van der Waals surface area (Å²) in [6.07, 6.45) is 2.04. The van der Waals surface area contributed by atoms with E-state index < -0.39 is 4.92 Å². The molecule has 2 aliphatic rings. The van der Waals surface area contributed by atoms with Crippen molar-refractivity contribution in [1.82, 2.24) is 4.90 Å². The van der Waals surface area contributed by atoms with Gasteiger partial charge < -0.3 is 16.0 Å². The number of nitro groups is 1. The number of likely N-dealkylation sites (tertiary alicyclic amines) is 1. The van der Waals surface area contributed by atoms with Crippen molar-refractivity contribution in [1.29, 1.82) is 0 Å². The number of hydrogen-bond acceptors (Lipinski definition) is 5. The van der Waals surface area contributed by atoms with E-state index in [0.717, 1.165) is 12.8 Å². The lowest BCUT2D eigenvalue weighted by Crippen LogP contribution is -2.29. The van der Waals surface area contributed by atoms with Crippen molar-refractivity contribution in [3.05, 3.63) is 69.8 Å². The molecule has 1 amide bonds. The lowest BCUT2D eigenvalue weighted by molar-refractivity contribution is -0.384. The lowest BCUT2D eigenvalue weighted by Gasteiger charge is -2.17. The van der Waals surface area contributed by atoms with Gasteiger partial charge in [-0.2, -0.15) is 0 Å². The SMILES string of the molecule is Cl.NC[C@@H]1CN(C(=O)c2ccc(NC3CC3)c([N+](=O)[O-])c2)C[C@H]1c1ccccc1. The van der Waals surface area contributed by atoms with Crippen LogP contribution in [-0.4, -0.2) is 41.4 Å². The maximum absolute atomic E-state index is 13.0. The Morgan fingerprint density at radius 2 is 1.90 bits per heavy atom. The number of carbonyl (C=O) groups is 1. The molecule has 154 valence electrons. The van der Waals surface area contributed by atoms with Gasteiger partial charge in [-0.05, 0) is 43.0 Å². The highest BCUT2D eigenvalue weighted by Crippen LogP contribution is 2.35. The first-order chi connectivity index (χ1) is 13.6. The summed E-state index contributed by atoms with van der Waals surface area (Å²) < 4.78 is 0. The van der Waals surface area contributed by atoms with Crippen molar-refractivity contribution in [3.63, 3.8) is 0 Å². The second-order valence-corrected chi connectivity index (χ2v) is 7.63. The minimum atomic E-state index is -0.430. The van der Waals surface area contributed by atoms with Gasteiger partial charge in [-0.25, -0.2) is 0 Å². The zero-order valence-corrected chi connectivity index (χ0v) is 16.8. The fourth-order valence-corrected chi connectivity index (χ4v) is 3.92. The maximum atomic E-state index is 13.0. The summed E-state index contributed by atoms with van der Waals surface area (Å²) in [7, 11) is 0. The predicted molar refractivity (Wildman–Crippen MR) is 115 cm³/mol. The number of nitro benzene ring substituents is 1. The number of benzene rings is 2. The monoisotopic (exact) mass is 416 g/mol. The van der Waals surface area contributed by atoms with E-state index in [2.05, 4.69) is 17.4 Å². The summed E-state index contributed by atoms with van der Waals surface area (Å²) >= 11 is 0. The van der Waals surface area contributed by atoms with E-state index in [1.165, 1.54) is 11.6 Å². The number of nitrogens with zero attached hydrogens (tertiary/aromatic N) is 2. The van der Waals surface area contributed by atoms with Crippen molar-refractivity contribution < 1.29 is 9.72 Å². The number of nitrogens with two attached hydrogens (primary N) is 1. The molecule has 1 aliphatic heterocycles. The Morgan fingerprint density at radius 1 is 1.17 bits per heavy atom. The van der Waals surface area contributed by atoms with Gasteiger partial charge in [0.15, 0.2) is 0 Å². The first-order valence-corrected chi connectivity index (χ1v) is 9.66. The Labute approximate surface area is 175 Å². The van der Waals surface area contributed by atoms with E-state index in [1.807, 2.05) is 18.2 Å². The van der Waals surface area contributed by atoms with Gasteiger partial charge in [0, 0.05) is 36.7 Å². The van der Waals surface area contributed by atoms with Crippen LogP contribution in [0, 0.1) is 16.0 Å². The van der Waals surface area contributed by atoms with Crippen LogP contribution < -0.4 is 11.1 Å². The standard InChI is InChI=1S/C21H24N4O3.ClH/c22-11-16-12-24(13-18(16)14-4-2-1-3-5-14)21(26)15-6-9-19(23-17-7-8-17)20(10-15)25(27)28;/h1-6,9-10,16-18,23H,7-8,11-13,22H2;1H/t16-,18+;/m1./s1. The van der Waals surface area contributed by atoms with Gasteiger partial charge in [-0.15, -0.1) is 12.4 Å². The second-order valence-electron chi connectivity index (χ2n) is 7.63. The van der Waals surface area contributed by atoms with Crippen LogP contribution in [0.4, 0.5) is 11.4 Å². The molecule has 1 saturated carbocycles. The van der Waals surface area contributed by atoms with E-state index in [0.29, 0.717) is 36.9 Å². The Balaban J connectivity index is 0.00000240. The molecule has 2 fully saturated rings. The highest BCUT2D eigenvalue weighted by molar-refractivity contribution is 5.96. The van der Waals surface area contributed by atoms with Crippen LogP contribution >= 0.6 is 12.4 Å². The molecule has 1 saturated heterocycles.